The number of benzene rings is 1. The first-order chi connectivity index (χ1) is 4.34. The van der Waals surface area contributed by atoms with Crippen LogP contribution in [0.15, 0.2) is 30.8 Å². The summed E-state index contributed by atoms with van der Waals surface area (Å²) in [6, 6.07) is 8.19. The van der Waals surface area contributed by atoms with Crippen molar-refractivity contribution >= 4 is 43.8 Å². The van der Waals surface area contributed by atoms with Gasteiger partial charge in [-0.15, -0.1) is 0 Å². The van der Waals surface area contributed by atoms with Gasteiger partial charge in [0.2, 0.25) is 0 Å². The third-order valence-electron chi connectivity index (χ3n) is 1.41. The standard InChI is InChI=1S/C9H10.Ca.2H/c1-3-9-7-5-4-6-8(9)2;;;/h3-7H,1H2,2H3;;;. The van der Waals surface area contributed by atoms with Crippen molar-refractivity contribution in [2.45, 2.75) is 6.92 Å². The normalized spacial score (nSPS) is 8.10. The summed E-state index contributed by atoms with van der Waals surface area (Å²) in [5, 5.41) is 0. The van der Waals surface area contributed by atoms with Gasteiger partial charge in [0, 0.05) is 0 Å². The Morgan fingerprint density at radius 3 is 2.30 bits per heavy atom. The molecule has 1 aromatic rings. The fourth-order valence-electron chi connectivity index (χ4n) is 0.816. The minimum absolute atomic E-state index is 0. The number of aryl methyl sites for hydroxylation is 1. The molecule has 0 radical (unpaired) electrons. The summed E-state index contributed by atoms with van der Waals surface area (Å²) in [4.78, 5) is 0. The molecule has 0 aromatic heterocycles. The third-order valence-corrected chi connectivity index (χ3v) is 1.41. The van der Waals surface area contributed by atoms with Crippen LogP contribution < -0.4 is 0 Å². The van der Waals surface area contributed by atoms with Crippen molar-refractivity contribution in [1.82, 2.24) is 0 Å². The van der Waals surface area contributed by atoms with E-state index in [0.717, 1.165) is 0 Å². The van der Waals surface area contributed by atoms with Crippen LogP contribution >= 0.6 is 0 Å². The van der Waals surface area contributed by atoms with Crippen LogP contribution in [0.4, 0.5) is 0 Å². The fraction of sp³-hybridized carbons (Fsp3) is 0.111. The maximum absolute atomic E-state index is 3.69. The van der Waals surface area contributed by atoms with E-state index in [1.807, 2.05) is 18.2 Å². The predicted octanol–water partition coefficient (Wildman–Crippen LogP) is 1.72. The van der Waals surface area contributed by atoms with Crippen molar-refractivity contribution in [3.63, 3.8) is 0 Å². The second-order valence-corrected chi connectivity index (χ2v) is 2.06. The monoisotopic (exact) mass is 160 g/mol. The summed E-state index contributed by atoms with van der Waals surface area (Å²) in [6.07, 6.45) is 1.87. The Bertz CT molecular complexity index is 216. The van der Waals surface area contributed by atoms with E-state index < -0.39 is 0 Å². The average molecular weight is 160 g/mol. The second-order valence-electron chi connectivity index (χ2n) is 2.06. The molecule has 1 aromatic carbocycles. The van der Waals surface area contributed by atoms with E-state index in [1.165, 1.54) is 11.1 Å². The van der Waals surface area contributed by atoms with E-state index in [2.05, 4.69) is 25.6 Å². The van der Waals surface area contributed by atoms with Crippen LogP contribution in [0.25, 0.3) is 6.08 Å². The maximum atomic E-state index is 3.69. The SMILES string of the molecule is C=Cc1ccccc1C.[CaH2]. The zero-order valence-corrected chi connectivity index (χ0v) is 5.59. The molecule has 0 aliphatic heterocycles. The summed E-state index contributed by atoms with van der Waals surface area (Å²) >= 11 is 0. The molecule has 0 saturated carbocycles. The summed E-state index contributed by atoms with van der Waals surface area (Å²) in [6.45, 7) is 5.77. The Morgan fingerprint density at radius 2 is 1.90 bits per heavy atom. The Hall–Kier alpha value is 0.220. The van der Waals surface area contributed by atoms with Gasteiger partial charge in [-0.1, -0.05) is 36.9 Å². The van der Waals surface area contributed by atoms with Gasteiger partial charge in [0.25, 0.3) is 0 Å². The molecule has 1 rings (SSSR count). The number of hydrogen-bond acceptors (Lipinski definition) is 0. The van der Waals surface area contributed by atoms with Gasteiger partial charge in [-0.25, -0.2) is 0 Å². The topological polar surface area (TPSA) is 0 Å². The van der Waals surface area contributed by atoms with Crippen molar-refractivity contribution < 1.29 is 0 Å². The molecule has 0 aliphatic carbocycles. The van der Waals surface area contributed by atoms with Crippen molar-refractivity contribution in [2.24, 2.45) is 0 Å². The molecular formula is C9H12Ca. The molecule has 0 aliphatic rings. The first-order valence-corrected chi connectivity index (χ1v) is 3.02. The molecule has 0 amide bonds. The first-order valence-electron chi connectivity index (χ1n) is 3.02. The summed E-state index contributed by atoms with van der Waals surface area (Å²) in [5.74, 6) is 0. The Labute approximate surface area is 92.0 Å². The number of rotatable bonds is 1. The van der Waals surface area contributed by atoms with Gasteiger partial charge in [0.1, 0.15) is 0 Å². The van der Waals surface area contributed by atoms with Gasteiger partial charge >= 0.3 is 37.7 Å². The summed E-state index contributed by atoms with van der Waals surface area (Å²) < 4.78 is 0. The van der Waals surface area contributed by atoms with E-state index in [-0.39, 0.29) is 37.7 Å². The average Bonchev–Trinajstić information content (AvgIpc) is 1.89. The molecule has 0 spiro atoms. The molecule has 0 bridgehead atoms. The van der Waals surface area contributed by atoms with Crippen molar-refractivity contribution in [3.05, 3.63) is 42.0 Å². The Balaban J connectivity index is 0.000000810. The fourth-order valence-corrected chi connectivity index (χ4v) is 0.816. The Morgan fingerprint density at radius 1 is 1.30 bits per heavy atom. The molecular weight excluding hydrogens is 148 g/mol. The van der Waals surface area contributed by atoms with E-state index >= 15 is 0 Å². The van der Waals surface area contributed by atoms with Crippen LogP contribution in [-0.2, 0) is 0 Å². The molecule has 0 fully saturated rings. The van der Waals surface area contributed by atoms with Crippen LogP contribution in [0.5, 0.6) is 0 Å². The van der Waals surface area contributed by atoms with Gasteiger partial charge in [-0.3, -0.25) is 0 Å². The van der Waals surface area contributed by atoms with Gasteiger partial charge in [-0.05, 0) is 18.1 Å². The van der Waals surface area contributed by atoms with E-state index in [1.54, 1.807) is 0 Å². The van der Waals surface area contributed by atoms with Gasteiger partial charge in [0.05, 0.1) is 0 Å². The summed E-state index contributed by atoms with van der Waals surface area (Å²) in [5.41, 5.74) is 2.50. The van der Waals surface area contributed by atoms with E-state index in [4.69, 9.17) is 0 Å². The molecule has 0 atom stereocenters. The van der Waals surface area contributed by atoms with Crippen LogP contribution in [-0.4, -0.2) is 37.7 Å². The van der Waals surface area contributed by atoms with Crippen molar-refractivity contribution in [1.29, 1.82) is 0 Å². The molecule has 1 heteroatoms. The van der Waals surface area contributed by atoms with Gasteiger partial charge < -0.3 is 0 Å². The molecule has 0 N–H and O–H groups in total. The van der Waals surface area contributed by atoms with Crippen LogP contribution in [0.2, 0.25) is 0 Å². The van der Waals surface area contributed by atoms with Gasteiger partial charge in [0.15, 0.2) is 0 Å². The zero-order chi connectivity index (χ0) is 6.69. The quantitative estimate of drug-likeness (QED) is 0.549. The van der Waals surface area contributed by atoms with Crippen LogP contribution in [0.3, 0.4) is 0 Å². The van der Waals surface area contributed by atoms with Crippen molar-refractivity contribution in [2.75, 3.05) is 0 Å². The molecule has 10 heavy (non-hydrogen) atoms. The molecule has 0 unspecified atom stereocenters. The Kier molecular flexibility index (Phi) is 5.06. The van der Waals surface area contributed by atoms with Crippen LogP contribution in [0, 0.1) is 6.92 Å². The minimum atomic E-state index is 0. The molecule has 0 nitrogen and oxygen atoms in total. The van der Waals surface area contributed by atoms with E-state index in [9.17, 15) is 0 Å². The molecule has 0 saturated heterocycles. The summed E-state index contributed by atoms with van der Waals surface area (Å²) in [7, 11) is 0. The molecule has 50 valence electrons. The van der Waals surface area contributed by atoms with Crippen LogP contribution in [0.1, 0.15) is 11.1 Å². The first kappa shape index (κ1) is 10.2. The van der Waals surface area contributed by atoms with Gasteiger partial charge in [-0.2, -0.15) is 0 Å². The van der Waals surface area contributed by atoms with Crippen molar-refractivity contribution in [3.8, 4) is 0 Å². The third kappa shape index (κ3) is 2.45. The second kappa shape index (κ2) is 4.95. The molecule has 0 heterocycles. The van der Waals surface area contributed by atoms with E-state index in [0.29, 0.717) is 0 Å². The predicted molar refractivity (Wildman–Crippen MR) is 49.8 cm³/mol. The number of hydrogen-bond donors (Lipinski definition) is 0. The zero-order valence-electron chi connectivity index (χ0n) is 5.59.